The van der Waals surface area contributed by atoms with Crippen LogP contribution in [0.25, 0.3) is 10.2 Å². The number of nitrogens with two attached hydrogens (primary N) is 1. The normalized spacial score (nSPS) is 14.8. The van der Waals surface area contributed by atoms with Gasteiger partial charge in [-0.25, -0.2) is 17.8 Å². The summed E-state index contributed by atoms with van der Waals surface area (Å²) in [6.45, 7) is 4.13. The number of thiophene rings is 1. The smallest absolute Gasteiger partial charge is 0.271 e. The quantitative estimate of drug-likeness (QED) is 0.184. The van der Waals surface area contributed by atoms with E-state index in [1.807, 2.05) is 0 Å². The molecule has 2 amide bonds. The zero-order chi connectivity index (χ0) is 29.2. The molecule has 1 fully saturated rings. The highest BCUT2D eigenvalue weighted by Crippen LogP contribution is 2.32. The lowest BCUT2D eigenvalue weighted by Crippen LogP contribution is -2.42. The SMILES string of the molecule is NCCOCCOCC(=O)NCCN1CCC(C(=O)Nc2nc3c(F)cc(NS(=O)(=O)c4cccs4)cc3s2)CC1. The van der Waals surface area contributed by atoms with Crippen LogP contribution in [0.2, 0.25) is 0 Å². The summed E-state index contributed by atoms with van der Waals surface area (Å²) in [5, 5.41) is 7.50. The molecule has 2 aromatic heterocycles. The summed E-state index contributed by atoms with van der Waals surface area (Å²) in [7, 11) is -3.83. The van der Waals surface area contributed by atoms with Crippen LogP contribution < -0.4 is 21.1 Å². The van der Waals surface area contributed by atoms with E-state index in [4.69, 9.17) is 15.2 Å². The molecule has 224 valence electrons. The average Bonchev–Trinajstić information content (AvgIpc) is 3.62. The Labute approximate surface area is 245 Å². The molecule has 0 unspecified atom stereocenters. The minimum absolute atomic E-state index is 0.0318. The van der Waals surface area contributed by atoms with Crippen molar-refractivity contribution in [2.24, 2.45) is 11.7 Å². The van der Waals surface area contributed by atoms with E-state index in [0.717, 1.165) is 28.7 Å². The molecule has 1 aliphatic rings. The number of carbonyl (C=O) groups excluding carboxylic acids is 2. The molecule has 12 nitrogen and oxygen atoms in total. The van der Waals surface area contributed by atoms with Gasteiger partial charge in [0.25, 0.3) is 10.0 Å². The van der Waals surface area contributed by atoms with Crippen molar-refractivity contribution in [2.75, 3.05) is 69.2 Å². The average molecular weight is 629 g/mol. The molecule has 0 bridgehead atoms. The minimum atomic E-state index is -3.83. The van der Waals surface area contributed by atoms with Crippen LogP contribution in [0.3, 0.4) is 0 Å². The molecule has 1 saturated heterocycles. The lowest BCUT2D eigenvalue weighted by atomic mass is 9.96. The highest BCUT2D eigenvalue weighted by molar-refractivity contribution is 7.94. The summed E-state index contributed by atoms with van der Waals surface area (Å²) >= 11 is 2.14. The lowest BCUT2D eigenvalue weighted by Gasteiger charge is -2.31. The number of hydrogen-bond acceptors (Lipinski definition) is 11. The second kappa shape index (κ2) is 14.9. The number of aromatic nitrogens is 1. The molecule has 0 aliphatic carbocycles. The van der Waals surface area contributed by atoms with Crippen LogP contribution in [-0.2, 0) is 29.1 Å². The summed E-state index contributed by atoms with van der Waals surface area (Å²) in [6, 6.07) is 5.65. The van der Waals surface area contributed by atoms with Crippen molar-refractivity contribution in [3.05, 3.63) is 35.5 Å². The number of piperidine rings is 1. The summed E-state index contributed by atoms with van der Waals surface area (Å²) in [4.78, 5) is 31.1. The monoisotopic (exact) mass is 628 g/mol. The van der Waals surface area contributed by atoms with Gasteiger partial charge in [-0.2, -0.15) is 0 Å². The maximum atomic E-state index is 14.7. The van der Waals surface area contributed by atoms with E-state index in [2.05, 4.69) is 25.2 Å². The van der Waals surface area contributed by atoms with Crippen molar-refractivity contribution < 1.29 is 31.9 Å². The molecule has 0 radical (unpaired) electrons. The first-order valence-corrected chi connectivity index (χ1v) is 16.2. The van der Waals surface area contributed by atoms with Gasteiger partial charge in [0.15, 0.2) is 10.9 Å². The molecule has 1 aromatic carbocycles. The molecule has 4 rings (SSSR count). The molecule has 1 aliphatic heterocycles. The van der Waals surface area contributed by atoms with Gasteiger partial charge in [0, 0.05) is 31.6 Å². The van der Waals surface area contributed by atoms with Gasteiger partial charge in [-0.15, -0.1) is 11.3 Å². The van der Waals surface area contributed by atoms with E-state index in [1.54, 1.807) is 11.4 Å². The first-order chi connectivity index (χ1) is 19.7. The highest BCUT2D eigenvalue weighted by Gasteiger charge is 2.26. The summed E-state index contributed by atoms with van der Waals surface area (Å²) < 4.78 is 53.1. The van der Waals surface area contributed by atoms with E-state index < -0.39 is 15.8 Å². The van der Waals surface area contributed by atoms with Crippen LogP contribution in [0, 0.1) is 11.7 Å². The third kappa shape index (κ3) is 9.13. The van der Waals surface area contributed by atoms with Crippen molar-refractivity contribution >= 4 is 65.5 Å². The second-order valence-electron chi connectivity index (χ2n) is 9.27. The third-order valence-electron chi connectivity index (χ3n) is 6.27. The molecule has 5 N–H and O–H groups in total. The molecule has 3 heterocycles. The predicted octanol–water partition coefficient (Wildman–Crippen LogP) is 2.06. The van der Waals surface area contributed by atoms with Crippen molar-refractivity contribution in [1.82, 2.24) is 15.2 Å². The largest absolute Gasteiger partial charge is 0.378 e. The Bertz CT molecular complexity index is 1410. The predicted molar refractivity (Wildman–Crippen MR) is 156 cm³/mol. The van der Waals surface area contributed by atoms with Gasteiger partial charge >= 0.3 is 0 Å². The fourth-order valence-corrected chi connectivity index (χ4v) is 7.18. The zero-order valence-corrected chi connectivity index (χ0v) is 24.7. The molecular formula is C25H33FN6O6S3. The van der Waals surface area contributed by atoms with E-state index in [9.17, 15) is 22.4 Å². The summed E-state index contributed by atoms with van der Waals surface area (Å²) in [6.07, 6.45) is 1.28. The number of nitrogens with zero attached hydrogens (tertiary/aromatic N) is 2. The molecule has 3 aromatic rings. The van der Waals surface area contributed by atoms with Crippen LogP contribution in [-0.4, -0.2) is 89.3 Å². The Balaban J connectivity index is 1.20. The number of anilines is 2. The maximum Gasteiger partial charge on any atom is 0.271 e. The van der Waals surface area contributed by atoms with E-state index in [-0.39, 0.29) is 44.9 Å². The molecule has 0 spiro atoms. The number of benzene rings is 1. The lowest BCUT2D eigenvalue weighted by molar-refractivity contribution is -0.126. The number of amides is 2. The number of likely N-dealkylation sites (tertiary alicyclic amines) is 1. The minimum Gasteiger partial charge on any atom is -0.378 e. The van der Waals surface area contributed by atoms with E-state index in [1.165, 1.54) is 12.1 Å². The van der Waals surface area contributed by atoms with Crippen molar-refractivity contribution in [3.8, 4) is 0 Å². The van der Waals surface area contributed by atoms with Gasteiger partial charge < -0.3 is 30.7 Å². The molecule has 0 saturated carbocycles. The molecular weight excluding hydrogens is 596 g/mol. The number of sulfonamides is 1. The highest BCUT2D eigenvalue weighted by atomic mass is 32.2. The number of nitrogens with one attached hydrogen (secondary N) is 3. The van der Waals surface area contributed by atoms with Gasteiger partial charge in [0.05, 0.1) is 30.2 Å². The van der Waals surface area contributed by atoms with Crippen molar-refractivity contribution in [3.63, 3.8) is 0 Å². The standard InChI is InChI=1S/C25H33FN6O6S3/c26-19-14-18(31-41(35,36)22-2-1-13-39-22)15-20-23(19)29-25(40-20)30-24(34)17-3-7-32(8-4-17)9-6-28-21(33)16-38-12-11-37-10-5-27/h1-2,13-15,17,31H,3-12,16,27H2,(H,28,33)(H,29,30,34). The van der Waals surface area contributed by atoms with Gasteiger partial charge in [-0.3, -0.25) is 14.3 Å². The third-order valence-corrected chi connectivity index (χ3v) is 9.96. The molecule has 16 heteroatoms. The Morgan fingerprint density at radius 2 is 1.95 bits per heavy atom. The molecule has 0 atom stereocenters. The van der Waals surface area contributed by atoms with E-state index in [0.29, 0.717) is 70.1 Å². The van der Waals surface area contributed by atoms with Gasteiger partial charge in [-0.1, -0.05) is 17.4 Å². The van der Waals surface area contributed by atoms with Crippen LogP contribution >= 0.6 is 22.7 Å². The van der Waals surface area contributed by atoms with Gasteiger partial charge in [0.1, 0.15) is 16.3 Å². The Morgan fingerprint density at radius 1 is 1.17 bits per heavy atom. The number of halogens is 1. The Morgan fingerprint density at radius 3 is 2.68 bits per heavy atom. The fourth-order valence-electron chi connectivity index (χ4n) is 4.22. The van der Waals surface area contributed by atoms with Crippen LogP contribution in [0.5, 0.6) is 0 Å². The number of fused-ring (bicyclic) bond motifs is 1. The van der Waals surface area contributed by atoms with Gasteiger partial charge in [-0.05, 0) is 43.4 Å². The van der Waals surface area contributed by atoms with Crippen molar-refractivity contribution in [2.45, 2.75) is 17.1 Å². The van der Waals surface area contributed by atoms with Crippen molar-refractivity contribution in [1.29, 1.82) is 0 Å². The topological polar surface area (TPSA) is 165 Å². The first-order valence-electron chi connectivity index (χ1n) is 13.1. The number of carbonyl (C=O) groups is 2. The first kappa shape index (κ1) is 31.2. The van der Waals surface area contributed by atoms with Gasteiger partial charge in [0.2, 0.25) is 11.8 Å². The van der Waals surface area contributed by atoms with E-state index >= 15 is 0 Å². The Kier molecular flexibility index (Phi) is 11.4. The number of thiazole rings is 1. The second-order valence-corrected chi connectivity index (χ2v) is 13.2. The number of rotatable bonds is 15. The number of ether oxygens (including phenoxy) is 2. The summed E-state index contributed by atoms with van der Waals surface area (Å²) in [5.41, 5.74) is 5.46. The zero-order valence-electron chi connectivity index (χ0n) is 22.3. The van der Waals surface area contributed by atoms with Crippen LogP contribution in [0.15, 0.2) is 33.9 Å². The Hall–Kier alpha value is -2.73. The summed E-state index contributed by atoms with van der Waals surface area (Å²) in [5.74, 6) is -1.30. The molecule has 41 heavy (non-hydrogen) atoms. The van der Waals surface area contributed by atoms with Crippen LogP contribution in [0.1, 0.15) is 12.8 Å². The number of hydrogen-bond donors (Lipinski definition) is 4. The maximum absolute atomic E-state index is 14.7. The van der Waals surface area contributed by atoms with Crippen LogP contribution in [0.4, 0.5) is 15.2 Å². The fraction of sp³-hybridized carbons (Fsp3) is 0.480.